The summed E-state index contributed by atoms with van der Waals surface area (Å²) >= 11 is 3.32. The second-order valence-corrected chi connectivity index (χ2v) is 4.42. The highest BCUT2D eigenvalue weighted by Crippen LogP contribution is 2.28. The molecule has 1 aromatic carbocycles. The van der Waals surface area contributed by atoms with E-state index in [1.807, 2.05) is 6.07 Å². The number of aromatic nitrogens is 1. The van der Waals surface area contributed by atoms with Crippen molar-refractivity contribution in [3.8, 4) is 0 Å². The Bertz CT molecular complexity index is 514. The normalized spacial score (nSPS) is 10.7. The average Bonchev–Trinajstić information content (AvgIpc) is 2.26. The van der Waals surface area contributed by atoms with Crippen molar-refractivity contribution >= 4 is 32.5 Å². The largest absolute Gasteiger partial charge is 0.384 e. The summed E-state index contributed by atoms with van der Waals surface area (Å²) in [6, 6.07) is 4.80. The zero-order valence-electron chi connectivity index (χ0n) is 8.93. The third kappa shape index (κ3) is 2.16. The molecule has 0 fully saturated rings. The van der Waals surface area contributed by atoms with Gasteiger partial charge in [0.05, 0.1) is 5.52 Å². The number of pyridine rings is 1. The predicted octanol–water partition coefficient (Wildman–Crippen LogP) is 3.96. The minimum atomic E-state index is -0.257. The maximum Gasteiger partial charge on any atom is 0.125 e. The van der Waals surface area contributed by atoms with E-state index >= 15 is 0 Å². The number of benzene rings is 1. The maximum absolute atomic E-state index is 13.3. The molecule has 1 heterocycles. The van der Waals surface area contributed by atoms with E-state index < -0.39 is 0 Å². The van der Waals surface area contributed by atoms with E-state index in [0.29, 0.717) is 4.47 Å². The lowest BCUT2D eigenvalue weighted by Gasteiger charge is -2.09. The smallest absolute Gasteiger partial charge is 0.125 e. The summed E-state index contributed by atoms with van der Waals surface area (Å²) in [6.07, 6.45) is 2.75. The molecule has 0 saturated carbocycles. The molecule has 0 aliphatic heterocycles. The summed E-state index contributed by atoms with van der Waals surface area (Å²) in [5.41, 5.74) is 1.70. The molecule has 0 bridgehead atoms. The van der Waals surface area contributed by atoms with Crippen LogP contribution in [-0.4, -0.2) is 11.5 Å². The van der Waals surface area contributed by atoms with Crippen LogP contribution in [-0.2, 0) is 0 Å². The summed E-state index contributed by atoms with van der Waals surface area (Å²) < 4.78 is 14.0. The quantitative estimate of drug-likeness (QED) is 0.922. The van der Waals surface area contributed by atoms with E-state index in [1.54, 1.807) is 6.20 Å². The Labute approximate surface area is 102 Å². The number of rotatable bonds is 3. The Balaban J connectivity index is 2.57. The molecule has 0 aliphatic carbocycles. The van der Waals surface area contributed by atoms with Gasteiger partial charge in [0.2, 0.25) is 0 Å². The first kappa shape index (κ1) is 11.3. The lowest BCUT2D eigenvalue weighted by atomic mass is 10.2. The van der Waals surface area contributed by atoms with E-state index in [9.17, 15) is 4.39 Å². The highest BCUT2D eigenvalue weighted by atomic mass is 79.9. The van der Waals surface area contributed by atoms with E-state index in [0.717, 1.165) is 29.6 Å². The Morgan fingerprint density at radius 2 is 2.25 bits per heavy atom. The second kappa shape index (κ2) is 4.78. The Morgan fingerprint density at radius 1 is 1.44 bits per heavy atom. The fourth-order valence-electron chi connectivity index (χ4n) is 1.59. The topological polar surface area (TPSA) is 24.9 Å². The van der Waals surface area contributed by atoms with Gasteiger partial charge in [-0.05, 0) is 40.5 Å². The van der Waals surface area contributed by atoms with Crippen LogP contribution in [0, 0.1) is 5.82 Å². The lowest BCUT2D eigenvalue weighted by molar-refractivity contribution is 0.629. The van der Waals surface area contributed by atoms with Gasteiger partial charge in [-0.3, -0.25) is 4.98 Å². The molecule has 2 nitrogen and oxygen atoms in total. The average molecular weight is 283 g/mol. The Morgan fingerprint density at radius 3 is 3.00 bits per heavy atom. The van der Waals surface area contributed by atoms with Crippen LogP contribution < -0.4 is 5.32 Å². The molecule has 84 valence electrons. The highest BCUT2D eigenvalue weighted by Gasteiger charge is 2.06. The van der Waals surface area contributed by atoms with Crippen LogP contribution in [0.25, 0.3) is 10.9 Å². The van der Waals surface area contributed by atoms with Crippen LogP contribution in [0.4, 0.5) is 10.1 Å². The number of nitrogens with zero attached hydrogens (tertiary/aromatic N) is 1. The standard InChI is InChI=1S/C12H12BrFN2/c1-2-4-15-11-3-5-16-12-9(11)6-8(14)7-10(12)13/h3,5-7H,2,4H2,1H3,(H,15,16). The summed E-state index contributed by atoms with van der Waals surface area (Å²) in [5.74, 6) is -0.257. The second-order valence-electron chi connectivity index (χ2n) is 3.57. The summed E-state index contributed by atoms with van der Waals surface area (Å²) in [4.78, 5) is 4.24. The van der Waals surface area contributed by atoms with Crippen LogP contribution in [0.5, 0.6) is 0 Å². The van der Waals surface area contributed by atoms with Crippen molar-refractivity contribution in [3.63, 3.8) is 0 Å². The van der Waals surface area contributed by atoms with Crippen molar-refractivity contribution in [2.24, 2.45) is 0 Å². The highest BCUT2D eigenvalue weighted by molar-refractivity contribution is 9.10. The first-order valence-electron chi connectivity index (χ1n) is 5.20. The minimum absolute atomic E-state index is 0.257. The van der Waals surface area contributed by atoms with Crippen molar-refractivity contribution in [1.29, 1.82) is 0 Å². The van der Waals surface area contributed by atoms with E-state index in [2.05, 4.69) is 33.2 Å². The third-order valence-corrected chi connectivity index (χ3v) is 2.93. The molecule has 1 N–H and O–H groups in total. The molecule has 0 unspecified atom stereocenters. The van der Waals surface area contributed by atoms with Crippen molar-refractivity contribution < 1.29 is 4.39 Å². The zero-order chi connectivity index (χ0) is 11.5. The molecule has 0 amide bonds. The summed E-state index contributed by atoms with van der Waals surface area (Å²) in [6.45, 7) is 2.96. The van der Waals surface area contributed by atoms with Gasteiger partial charge in [0.1, 0.15) is 5.82 Å². The molecule has 0 atom stereocenters. The number of hydrogen-bond donors (Lipinski definition) is 1. The van der Waals surface area contributed by atoms with Gasteiger partial charge < -0.3 is 5.32 Å². The zero-order valence-corrected chi connectivity index (χ0v) is 10.5. The number of hydrogen-bond acceptors (Lipinski definition) is 2. The number of halogens is 2. The molecule has 16 heavy (non-hydrogen) atoms. The monoisotopic (exact) mass is 282 g/mol. The molecule has 0 saturated heterocycles. The van der Waals surface area contributed by atoms with Gasteiger partial charge in [0.15, 0.2) is 0 Å². The maximum atomic E-state index is 13.3. The first-order chi connectivity index (χ1) is 7.72. The number of fused-ring (bicyclic) bond motifs is 1. The Kier molecular flexibility index (Phi) is 3.39. The lowest BCUT2D eigenvalue weighted by Crippen LogP contribution is -2.00. The van der Waals surface area contributed by atoms with Crippen molar-refractivity contribution in [2.45, 2.75) is 13.3 Å². The minimum Gasteiger partial charge on any atom is -0.384 e. The van der Waals surface area contributed by atoms with E-state index in [-0.39, 0.29) is 5.82 Å². The van der Waals surface area contributed by atoms with Gasteiger partial charge in [0.25, 0.3) is 0 Å². The van der Waals surface area contributed by atoms with E-state index in [4.69, 9.17) is 0 Å². The predicted molar refractivity (Wildman–Crippen MR) is 68.2 cm³/mol. The molecular formula is C12H12BrFN2. The fraction of sp³-hybridized carbons (Fsp3) is 0.250. The first-order valence-corrected chi connectivity index (χ1v) is 5.99. The Hall–Kier alpha value is -1.16. The molecule has 4 heteroatoms. The molecule has 2 rings (SSSR count). The molecule has 2 aromatic rings. The van der Waals surface area contributed by atoms with Gasteiger partial charge in [-0.15, -0.1) is 0 Å². The van der Waals surface area contributed by atoms with Crippen LogP contribution in [0.15, 0.2) is 28.9 Å². The van der Waals surface area contributed by atoms with Gasteiger partial charge >= 0.3 is 0 Å². The van der Waals surface area contributed by atoms with Crippen molar-refractivity contribution in [3.05, 3.63) is 34.7 Å². The number of anilines is 1. The van der Waals surface area contributed by atoms with Gasteiger partial charge in [-0.1, -0.05) is 6.92 Å². The van der Waals surface area contributed by atoms with Crippen molar-refractivity contribution in [2.75, 3.05) is 11.9 Å². The summed E-state index contributed by atoms with van der Waals surface area (Å²) in [7, 11) is 0. The van der Waals surface area contributed by atoms with Crippen LogP contribution in [0.2, 0.25) is 0 Å². The van der Waals surface area contributed by atoms with Crippen LogP contribution >= 0.6 is 15.9 Å². The fourth-order valence-corrected chi connectivity index (χ4v) is 2.13. The van der Waals surface area contributed by atoms with Crippen molar-refractivity contribution in [1.82, 2.24) is 4.98 Å². The molecule has 1 aromatic heterocycles. The van der Waals surface area contributed by atoms with Crippen LogP contribution in [0.1, 0.15) is 13.3 Å². The van der Waals surface area contributed by atoms with Gasteiger partial charge in [0, 0.05) is 28.3 Å². The SMILES string of the molecule is CCCNc1ccnc2c(Br)cc(F)cc12. The van der Waals surface area contributed by atoms with Gasteiger partial charge in [-0.2, -0.15) is 0 Å². The third-order valence-electron chi connectivity index (χ3n) is 2.33. The van der Waals surface area contributed by atoms with E-state index in [1.165, 1.54) is 12.1 Å². The summed E-state index contributed by atoms with van der Waals surface area (Å²) in [5, 5.41) is 4.07. The van der Waals surface area contributed by atoms with Crippen LogP contribution in [0.3, 0.4) is 0 Å². The van der Waals surface area contributed by atoms with Gasteiger partial charge in [-0.25, -0.2) is 4.39 Å². The molecular weight excluding hydrogens is 271 g/mol. The molecule has 0 aliphatic rings. The number of nitrogens with one attached hydrogen (secondary N) is 1. The molecule has 0 radical (unpaired) electrons. The molecule has 0 spiro atoms.